The van der Waals surface area contributed by atoms with E-state index in [1.165, 1.54) is 6.07 Å². The number of ether oxygens (including phenoxy) is 2. The highest BCUT2D eigenvalue weighted by Gasteiger charge is 2.29. The van der Waals surface area contributed by atoms with Crippen molar-refractivity contribution in [2.45, 2.75) is 32.5 Å². The van der Waals surface area contributed by atoms with Crippen molar-refractivity contribution < 1.29 is 22.7 Å². The van der Waals surface area contributed by atoms with Gasteiger partial charge in [-0.2, -0.15) is 0 Å². The summed E-state index contributed by atoms with van der Waals surface area (Å²) in [4.78, 5) is 21.6. The van der Waals surface area contributed by atoms with Gasteiger partial charge in [0.2, 0.25) is 10.0 Å². The number of methoxy groups -OCH3 is 1. The number of fused-ring (bicyclic) bond motifs is 1. The molecule has 9 nitrogen and oxygen atoms in total. The highest BCUT2D eigenvalue weighted by Crippen LogP contribution is 2.27. The van der Waals surface area contributed by atoms with Crippen molar-refractivity contribution in [1.82, 2.24) is 14.8 Å². The molecule has 0 radical (unpaired) electrons. The van der Waals surface area contributed by atoms with E-state index in [4.69, 9.17) is 9.47 Å². The Labute approximate surface area is 199 Å². The molecule has 33 heavy (non-hydrogen) atoms. The van der Waals surface area contributed by atoms with Crippen molar-refractivity contribution in [2.75, 3.05) is 44.8 Å². The fraction of sp³-hybridized carbons (Fsp3) is 0.545. The van der Waals surface area contributed by atoms with Crippen molar-refractivity contribution in [3.8, 4) is 5.75 Å². The van der Waals surface area contributed by atoms with Crippen molar-refractivity contribution in [3.05, 3.63) is 40.3 Å². The molecule has 1 aromatic carbocycles. The second-order valence-corrected chi connectivity index (χ2v) is 11.3. The van der Waals surface area contributed by atoms with Crippen LogP contribution in [0, 0.1) is 5.92 Å². The summed E-state index contributed by atoms with van der Waals surface area (Å²) in [5, 5.41) is 2.99. The van der Waals surface area contributed by atoms with Gasteiger partial charge < -0.3 is 14.4 Å². The summed E-state index contributed by atoms with van der Waals surface area (Å²) in [7, 11) is -0.114. The van der Waals surface area contributed by atoms with Crippen LogP contribution in [-0.4, -0.2) is 81.4 Å². The number of likely N-dealkylation sites (N-methyl/N-ethyl adjacent to an activating group) is 1. The van der Waals surface area contributed by atoms with Crippen LogP contribution in [0.1, 0.15) is 29.2 Å². The molecule has 3 rings (SSSR count). The summed E-state index contributed by atoms with van der Waals surface area (Å²) in [5.74, 6) is 0.295. The summed E-state index contributed by atoms with van der Waals surface area (Å²) in [6.45, 7) is 6.40. The van der Waals surface area contributed by atoms with Gasteiger partial charge in [-0.25, -0.2) is 13.4 Å². The van der Waals surface area contributed by atoms with E-state index in [2.05, 4.69) is 28.5 Å². The Bertz CT molecular complexity index is 1050. The molecule has 11 heteroatoms. The first-order valence-corrected chi connectivity index (χ1v) is 13.5. The largest absolute Gasteiger partial charge is 0.491 e. The molecule has 1 aromatic heterocycles. The minimum Gasteiger partial charge on any atom is -0.491 e. The van der Waals surface area contributed by atoms with Crippen LogP contribution in [0.4, 0.5) is 5.69 Å². The molecule has 3 atom stereocenters. The zero-order chi connectivity index (χ0) is 24.2. The van der Waals surface area contributed by atoms with Crippen LogP contribution < -0.4 is 9.46 Å². The van der Waals surface area contributed by atoms with E-state index >= 15 is 0 Å². The number of sulfonamides is 1. The normalized spacial score (nSPS) is 23.2. The van der Waals surface area contributed by atoms with E-state index in [0.717, 1.165) is 17.8 Å². The van der Waals surface area contributed by atoms with Crippen LogP contribution in [0.15, 0.2) is 29.8 Å². The van der Waals surface area contributed by atoms with E-state index in [9.17, 15) is 13.2 Å². The van der Waals surface area contributed by atoms with E-state index in [1.807, 2.05) is 5.38 Å². The number of amides is 1. The average molecular weight is 497 g/mol. The molecule has 0 saturated heterocycles. The number of thiazole rings is 1. The number of anilines is 1. The first-order chi connectivity index (χ1) is 15.6. The average Bonchev–Trinajstić information content (AvgIpc) is 3.26. The lowest BCUT2D eigenvalue weighted by molar-refractivity contribution is 0.00921. The van der Waals surface area contributed by atoms with Gasteiger partial charge in [-0.15, -0.1) is 11.3 Å². The van der Waals surface area contributed by atoms with Gasteiger partial charge in [0.25, 0.3) is 5.91 Å². The first kappa shape index (κ1) is 25.4. The zero-order valence-corrected chi connectivity index (χ0v) is 21.3. The maximum absolute atomic E-state index is 13.3. The van der Waals surface area contributed by atoms with E-state index in [1.54, 1.807) is 48.7 Å². The van der Waals surface area contributed by atoms with Crippen LogP contribution in [0.5, 0.6) is 5.75 Å². The predicted molar refractivity (Wildman–Crippen MR) is 129 cm³/mol. The highest BCUT2D eigenvalue weighted by atomic mass is 32.2. The standard InChI is InChI=1S/C22H32N4O5S2/c1-15-11-26(13-21-23-8-9-32-21)16(2)14-31-19-7-6-17(24-33(5,28)29)10-18(19)22(27)25(3)12-20(15)30-4/h6-10,15-16,20,24H,11-14H2,1-5H3/t15-,16+,20+/m1/s1. The van der Waals surface area contributed by atoms with E-state index in [0.29, 0.717) is 36.7 Å². The molecule has 182 valence electrons. The Morgan fingerprint density at radius 2 is 2.06 bits per heavy atom. The Morgan fingerprint density at radius 3 is 2.70 bits per heavy atom. The predicted octanol–water partition coefficient (Wildman–Crippen LogP) is 2.52. The third kappa shape index (κ3) is 6.89. The Morgan fingerprint density at radius 1 is 1.30 bits per heavy atom. The van der Waals surface area contributed by atoms with Crippen molar-refractivity contribution in [3.63, 3.8) is 0 Å². The maximum atomic E-state index is 13.3. The molecule has 1 aliphatic rings. The minimum atomic E-state index is -3.48. The molecular formula is C22H32N4O5S2. The second kappa shape index (κ2) is 10.8. The smallest absolute Gasteiger partial charge is 0.257 e. The molecule has 1 N–H and O–H groups in total. The molecule has 2 aromatic rings. The molecule has 2 heterocycles. The molecule has 0 bridgehead atoms. The van der Waals surface area contributed by atoms with Crippen molar-refractivity contribution in [1.29, 1.82) is 0 Å². The first-order valence-electron chi connectivity index (χ1n) is 10.7. The fourth-order valence-electron chi connectivity index (χ4n) is 3.85. The molecule has 0 aliphatic carbocycles. The number of nitrogens with zero attached hydrogens (tertiary/aromatic N) is 3. The number of carbonyl (C=O) groups excluding carboxylic acids is 1. The Kier molecular flexibility index (Phi) is 8.33. The fourth-order valence-corrected chi connectivity index (χ4v) is 5.05. The number of hydrogen-bond donors (Lipinski definition) is 1. The number of aromatic nitrogens is 1. The van der Waals surface area contributed by atoms with Gasteiger partial charge >= 0.3 is 0 Å². The quantitative estimate of drug-likeness (QED) is 0.679. The second-order valence-electron chi connectivity index (χ2n) is 8.54. The van der Waals surface area contributed by atoms with Gasteiger partial charge in [-0.3, -0.25) is 14.4 Å². The lowest BCUT2D eigenvalue weighted by atomic mass is 10.0. The van der Waals surface area contributed by atoms with Gasteiger partial charge in [0.15, 0.2) is 0 Å². The third-order valence-corrected chi connectivity index (χ3v) is 7.07. The Hall–Kier alpha value is -2.21. The number of carbonyl (C=O) groups is 1. The molecule has 1 amide bonds. The van der Waals surface area contributed by atoms with Gasteiger partial charge in [0.1, 0.15) is 17.4 Å². The van der Waals surface area contributed by atoms with E-state index in [-0.39, 0.29) is 24.0 Å². The van der Waals surface area contributed by atoms with Crippen molar-refractivity contribution >= 4 is 33.0 Å². The summed E-state index contributed by atoms with van der Waals surface area (Å²) in [5.41, 5.74) is 0.608. The molecule has 0 unspecified atom stereocenters. The highest BCUT2D eigenvalue weighted by molar-refractivity contribution is 7.92. The van der Waals surface area contributed by atoms with Crippen molar-refractivity contribution in [2.24, 2.45) is 5.92 Å². The van der Waals surface area contributed by atoms with Crippen LogP contribution in [-0.2, 0) is 21.3 Å². The summed E-state index contributed by atoms with van der Waals surface area (Å²) in [6.07, 6.45) is 2.70. The van der Waals surface area contributed by atoms with E-state index < -0.39 is 10.0 Å². The number of rotatable bonds is 5. The van der Waals surface area contributed by atoms with Crippen LogP contribution >= 0.6 is 11.3 Å². The number of nitrogens with one attached hydrogen (secondary N) is 1. The van der Waals surface area contributed by atoms with Gasteiger partial charge in [-0.1, -0.05) is 6.92 Å². The minimum absolute atomic E-state index is 0.0442. The summed E-state index contributed by atoms with van der Waals surface area (Å²) in [6, 6.07) is 4.79. The molecule has 0 spiro atoms. The lowest BCUT2D eigenvalue weighted by Gasteiger charge is -2.35. The van der Waals surface area contributed by atoms with Gasteiger partial charge in [0, 0.05) is 50.6 Å². The topological polar surface area (TPSA) is 101 Å². The zero-order valence-electron chi connectivity index (χ0n) is 19.6. The maximum Gasteiger partial charge on any atom is 0.257 e. The molecular weight excluding hydrogens is 464 g/mol. The SMILES string of the molecule is CO[C@H]1CN(C)C(=O)c2cc(NS(C)(=O)=O)ccc2OC[C@H](C)N(Cc2nccs2)C[C@H]1C. The van der Waals surface area contributed by atoms with Crippen LogP contribution in [0.2, 0.25) is 0 Å². The van der Waals surface area contributed by atoms with Gasteiger partial charge in [-0.05, 0) is 31.0 Å². The lowest BCUT2D eigenvalue weighted by Crippen LogP contribution is -2.46. The number of hydrogen-bond acceptors (Lipinski definition) is 8. The Balaban J connectivity index is 1.95. The third-order valence-electron chi connectivity index (χ3n) is 5.70. The molecule has 0 fully saturated rings. The summed E-state index contributed by atoms with van der Waals surface area (Å²) < 4.78 is 37.7. The summed E-state index contributed by atoms with van der Waals surface area (Å²) >= 11 is 1.62. The molecule has 1 aliphatic heterocycles. The monoisotopic (exact) mass is 496 g/mol. The van der Waals surface area contributed by atoms with Crippen LogP contribution in [0.3, 0.4) is 0 Å². The van der Waals surface area contributed by atoms with Crippen LogP contribution in [0.25, 0.3) is 0 Å². The molecule has 0 saturated carbocycles. The number of benzene rings is 1. The van der Waals surface area contributed by atoms with Gasteiger partial charge in [0.05, 0.1) is 24.5 Å².